The standard InChI is InChI=1S/C14H18ClN5O2/c1-16-13(18-8-10-2-4-11(15)5-3-10)17-6-7-20-12(21)9-19-14(20)22/h2-5H,6-9H2,1H3,(H,19,22)(H2,16,17,18). The Kier molecular flexibility index (Phi) is 5.60. The van der Waals surface area contributed by atoms with Crippen molar-refractivity contribution in [2.24, 2.45) is 4.99 Å². The number of urea groups is 1. The molecule has 1 fully saturated rings. The zero-order valence-corrected chi connectivity index (χ0v) is 13.0. The fourth-order valence-corrected chi connectivity index (χ4v) is 2.10. The summed E-state index contributed by atoms with van der Waals surface area (Å²) in [4.78, 5) is 28.1. The Bertz CT molecular complexity index is 557. The van der Waals surface area contributed by atoms with Crippen molar-refractivity contribution in [3.05, 3.63) is 34.9 Å². The molecule has 3 N–H and O–H groups in total. The smallest absolute Gasteiger partial charge is 0.324 e. The molecule has 0 bridgehead atoms. The van der Waals surface area contributed by atoms with Gasteiger partial charge in [0.2, 0.25) is 5.91 Å². The van der Waals surface area contributed by atoms with Crippen LogP contribution in [0.3, 0.4) is 0 Å². The van der Waals surface area contributed by atoms with E-state index >= 15 is 0 Å². The lowest BCUT2D eigenvalue weighted by Gasteiger charge is -2.15. The lowest BCUT2D eigenvalue weighted by atomic mass is 10.2. The van der Waals surface area contributed by atoms with Gasteiger partial charge in [-0.05, 0) is 17.7 Å². The van der Waals surface area contributed by atoms with E-state index in [1.165, 1.54) is 4.90 Å². The molecule has 1 aliphatic heterocycles. The van der Waals surface area contributed by atoms with Crippen LogP contribution in [0.4, 0.5) is 4.79 Å². The monoisotopic (exact) mass is 323 g/mol. The van der Waals surface area contributed by atoms with Crippen LogP contribution in [-0.4, -0.2) is 49.5 Å². The number of amides is 3. The zero-order chi connectivity index (χ0) is 15.9. The predicted octanol–water partition coefficient (Wildman–Crippen LogP) is 0.557. The molecule has 1 aromatic rings. The highest BCUT2D eigenvalue weighted by Crippen LogP contribution is 2.08. The van der Waals surface area contributed by atoms with Gasteiger partial charge in [0.05, 0.1) is 6.54 Å². The third-order valence-corrected chi connectivity index (χ3v) is 3.41. The van der Waals surface area contributed by atoms with Gasteiger partial charge in [-0.15, -0.1) is 0 Å². The fourth-order valence-electron chi connectivity index (χ4n) is 1.98. The minimum absolute atomic E-state index is 0.0718. The van der Waals surface area contributed by atoms with E-state index in [2.05, 4.69) is 20.9 Å². The summed E-state index contributed by atoms with van der Waals surface area (Å²) >= 11 is 5.83. The van der Waals surface area contributed by atoms with Crippen LogP contribution in [0.5, 0.6) is 0 Å². The van der Waals surface area contributed by atoms with Crippen LogP contribution < -0.4 is 16.0 Å². The summed E-state index contributed by atoms with van der Waals surface area (Å²) in [6.45, 7) is 1.40. The Morgan fingerprint density at radius 2 is 2.05 bits per heavy atom. The SMILES string of the molecule is CN=C(NCCN1C(=O)CNC1=O)NCc1ccc(Cl)cc1. The first-order valence-electron chi connectivity index (χ1n) is 6.87. The van der Waals surface area contributed by atoms with Crippen molar-refractivity contribution >= 4 is 29.5 Å². The summed E-state index contributed by atoms with van der Waals surface area (Å²) in [5, 5.41) is 9.37. The molecule has 0 aliphatic carbocycles. The molecule has 0 saturated carbocycles. The van der Waals surface area contributed by atoms with Gasteiger partial charge in [0.15, 0.2) is 5.96 Å². The number of nitrogens with zero attached hydrogens (tertiary/aromatic N) is 2. The Morgan fingerprint density at radius 3 is 2.64 bits per heavy atom. The number of benzene rings is 1. The number of rotatable bonds is 5. The highest BCUT2D eigenvalue weighted by molar-refractivity contribution is 6.30. The Morgan fingerprint density at radius 1 is 1.32 bits per heavy atom. The van der Waals surface area contributed by atoms with Crippen LogP contribution in [0.1, 0.15) is 5.56 Å². The van der Waals surface area contributed by atoms with Gasteiger partial charge in [-0.25, -0.2) is 4.79 Å². The molecule has 2 rings (SSSR count). The minimum atomic E-state index is -0.351. The van der Waals surface area contributed by atoms with Gasteiger partial charge in [0.1, 0.15) is 0 Å². The summed E-state index contributed by atoms with van der Waals surface area (Å²) in [6.07, 6.45) is 0. The number of carbonyl (C=O) groups is 2. The Hall–Kier alpha value is -2.28. The molecule has 0 aromatic heterocycles. The molecular formula is C14H18ClN5O2. The molecule has 0 spiro atoms. The van der Waals surface area contributed by atoms with E-state index in [0.717, 1.165) is 5.56 Å². The largest absolute Gasteiger partial charge is 0.355 e. The van der Waals surface area contributed by atoms with Gasteiger partial charge >= 0.3 is 6.03 Å². The van der Waals surface area contributed by atoms with Crippen molar-refractivity contribution in [1.82, 2.24) is 20.9 Å². The molecule has 1 heterocycles. The molecular weight excluding hydrogens is 306 g/mol. The first kappa shape index (κ1) is 16.1. The van der Waals surface area contributed by atoms with Crippen LogP contribution in [0.2, 0.25) is 5.02 Å². The zero-order valence-electron chi connectivity index (χ0n) is 12.2. The summed E-state index contributed by atoms with van der Waals surface area (Å²) in [6, 6.07) is 7.15. The first-order valence-corrected chi connectivity index (χ1v) is 7.25. The van der Waals surface area contributed by atoms with Gasteiger partial charge in [-0.3, -0.25) is 14.7 Å². The van der Waals surface area contributed by atoms with Crippen molar-refractivity contribution in [2.45, 2.75) is 6.54 Å². The second-order valence-corrected chi connectivity index (χ2v) is 5.12. The van der Waals surface area contributed by atoms with Crippen molar-refractivity contribution in [3.8, 4) is 0 Å². The van der Waals surface area contributed by atoms with Crippen LogP contribution in [0.15, 0.2) is 29.3 Å². The van der Waals surface area contributed by atoms with Gasteiger partial charge in [-0.1, -0.05) is 23.7 Å². The second-order valence-electron chi connectivity index (χ2n) is 4.68. The average molecular weight is 324 g/mol. The Balaban J connectivity index is 1.74. The molecule has 0 atom stereocenters. The lowest BCUT2D eigenvalue weighted by molar-refractivity contribution is -0.124. The predicted molar refractivity (Wildman–Crippen MR) is 84.8 cm³/mol. The van der Waals surface area contributed by atoms with Gasteiger partial charge in [0, 0.05) is 31.7 Å². The van der Waals surface area contributed by atoms with Crippen molar-refractivity contribution < 1.29 is 9.59 Å². The minimum Gasteiger partial charge on any atom is -0.355 e. The number of nitrogens with one attached hydrogen (secondary N) is 3. The van der Waals surface area contributed by atoms with Gasteiger partial charge in [-0.2, -0.15) is 0 Å². The third kappa shape index (κ3) is 4.36. The van der Waals surface area contributed by atoms with E-state index in [1.807, 2.05) is 24.3 Å². The van der Waals surface area contributed by atoms with Crippen molar-refractivity contribution in [2.75, 3.05) is 26.7 Å². The quantitative estimate of drug-likeness (QED) is 0.420. The molecule has 118 valence electrons. The molecule has 0 unspecified atom stereocenters. The number of hydrogen-bond donors (Lipinski definition) is 3. The highest BCUT2D eigenvalue weighted by Gasteiger charge is 2.27. The number of carbonyl (C=O) groups excluding carboxylic acids is 2. The average Bonchev–Trinajstić information content (AvgIpc) is 2.84. The van der Waals surface area contributed by atoms with E-state index in [1.54, 1.807) is 7.05 Å². The van der Waals surface area contributed by atoms with Crippen molar-refractivity contribution in [3.63, 3.8) is 0 Å². The van der Waals surface area contributed by atoms with E-state index in [9.17, 15) is 9.59 Å². The fraction of sp³-hybridized carbons (Fsp3) is 0.357. The number of imide groups is 1. The summed E-state index contributed by atoms with van der Waals surface area (Å²) < 4.78 is 0. The number of guanidine groups is 1. The number of hydrogen-bond acceptors (Lipinski definition) is 3. The second kappa shape index (κ2) is 7.65. The van der Waals surface area contributed by atoms with Gasteiger partial charge in [0.25, 0.3) is 0 Å². The molecule has 22 heavy (non-hydrogen) atoms. The van der Waals surface area contributed by atoms with Crippen molar-refractivity contribution in [1.29, 1.82) is 0 Å². The topological polar surface area (TPSA) is 85.8 Å². The first-order chi connectivity index (χ1) is 10.6. The van der Waals surface area contributed by atoms with Gasteiger partial charge < -0.3 is 16.0 Å². The van der Waals surface area contributed by atoms with E-state index in [4.69, 9.17) is 11.6 Å². The van der Waals surface area contributed by atoms with Crippen LogP contribution in [-0.2, 0) is 11.3 Å². The Labute approximate surface area is 133 Å². The molecule has 1 aliphatic rings. The molecule has 1 saturated heterocycles. The lowest BCUT2D eigenvalue weighted by Crippen LogP contribution is -2.43. The maximum absolute atomic E-state index is 11.4. The van der Waals surface area contributed by atoms with E-state index < -0.39 is 0 Å². The van der Waals surface area contributed by atoms with Crippen LogP contribution in [0, 0.1) is 0 Å². The van der Waals surface area contributed by atoms with E-state index in [0.29, 0.717) is 30.6 Å². The highest BCUT2D eigenvalue weighted by atomic mass is 35.5. The molecule has 8 heteroatoms. The number of aliphatic imine (C=N–C) groups is 1. The normalized spacial score (nSPS) is 15.0. The molecule has 0 radical (unpaired) electrons. The summed E-state index contributed by atoms with van der Waals surface area (Å²) in [5.74, 6) is 0.387. The molecule has 1 aromatic carbocycles. The maximum atomic E-state index is 11.4. The van der Waals surface area contributed by atoms with Crippen LogP contribution >= 0.6 is 11.6 Å². The summed E-state index contributed by atoms with van der Waals surface area (Å²) in [7, 11) is 1.66. The van der Waals surface area contributed by atoms with Crippen LogP contribution in [0.25, 0.3) is 0 Å². The molecule has 7 nitrogen and oxygen atoms in total. The maximum Gasteiger partial charge on any atom is 0.324 e. The number of halogens is 1. The van der Waals surface area contributed by atoms with E-state index in [-0.39, 0.29) is 18.5 Å². The summed E-state index contributed by atoms with van der Waals surface area (Å²) in [5.41, 5.74) is 1.07. The molecule has 3 amide bonds. The third-order valence-electron chi connectivity index (χ3n) is 3.16.